The molecule has 218 valence electrons. The van der Waals surface area contributed by atoms with Crippen molar-refractivity contribution in [1.29, 1.82) is 0 Å². The first-order valence-corrected chi connectivity index (χ1v) is 17.4. The highest BCUT2D eigenvalue weighted by Gasteiger charge is 2.07. The van der Waals surface area contributed by atoms with Crippen LogP contribution in [-0.4, -0.2) is 33.7 Å². The number of rotatable bonds is 26. The van der Waals surface area contributed by atoms with Crippen molar-refractivity contribution < 1.29 is 14.7 Å². The van der Waals surface area contributed by atoms with Crippen LogP contribution in [0.5, 0.6) is 0 Å². The number of hydrogen-bond donors (Lipinski definition) is 2. The van der Waals surface area contributed by atoms with E-state index in [0.717, 1.165) is 34.4 Å². The van der Waals surface area contributed by atoms with Crippen molar-refractivity contribution in [2.45, 2.75) is 146 Å². The lowest BCUT2D eigenvalue weighted by Crippen LogP contribution is -2.11. The molecule has 0 bridgehead atoms. The van der Waals surface area contributed by atoms with Crippen LogP contribution in [0.4, 0.5) is 5.69 Å². The van der Waals surface area contributed by atoms with Crippen molar-refractivity contribution in [3.63, 3.8) is 0 Å². The quantitative estimate of drug-likeness (QED) is 0.0864. The number of thioether (sulfide) groups is 2. The van der Waals surface area contributed by atoms with Gasteiger partial charge in [-0.25, -0.2) is 0 Å². The molecule has 1 rings (SSSR count). The van der Waals surface area contributed by atoms with Gasteiger partial charge in [-0.15, -0.1) is 11.8 Å². The lowest BCUT2D eigenvalue weighted by atomic mass is 10.0. The van der Waals surface area contributed by atoms with Crippen molar-refractivity contribution in [3.8, 4) is 0 Å². The van der Waals surface area contributed by atoms with Crippen molar-refractivity contribution in [3.05, 3.63) is 24.3 Å². The van der Waals surface area contributed by atoms with Crippen molar-refractivity contribution in [2.75, 3.05) is 16.8 Å². The van der Waals surface area contributed by atoms with Crippen LogP contribution in [-0.2, 0) is 9.59 Å². The van der Waals surface area contributed by atoms with Crippen molar-refractivity contribution in [1.82, 2.24) is 0 Å². The Morgan fingerprint density at radius 3 is 1.71 bits per heavy atom. The van der Waals surface area contributed by atoms with E-state index in [1.807, 2.05) is 24.3 Å². The molecule has 0 aromatic heterocycles. The Morgan fingerprint density at radius 1 is 0.684 bits per heavy atom. The third-order valence-electron chi connectivity index (χ3n) is 6.70. The van der Waals surface area contributed by atoms with E-state index in [4.69, 9.17) is 5.11 Å². The Hall–Kier alpha value is -1.14. The molecule has 6 heteroatoms. The van der Waals surface area contributed by atoms with Gasteiger partial charge in [0.15, 0.2) is 0 Å². The summed E-state index contributed by atoms with van der Waals surface area (Å²) in [5.74, 6) is 1.38. The van der Waals surface area contributed by atoms with Gasteiger partial charge in [0, 0.05) is 17.7 Å². The molecule has 0 aliphatic heterocycles. The van der Waals surface area contributed by atoms with E-state index >= 15 is 0 Å². The second-order valence-corrected chi connectivity index (χ2v) is 13.5. The topological polar surface area (TPSA) is 66.4 Å². The summed E-state index contributed by atoms with van der Waals surface area (Å²) >= 11 is 3.70. The number of carbonyl (C=O) groups is 2. The van der Waals surface area contributed by atoms with Crippen LogP contribution in [0.15, 0.2) is 29.2 Å². The van der Waals surface area contributed by atoms with Gasteiger partial charge in [-0.05, 0) is 48.2 Å². The zero-order chi connectivity index (χ0) is 27.7. The number of aliphatic carboxylic acids is 1. The Labute approximate surface area is 242 Å². The van der Waals surface area contributed by atoms with E-state index in [1.54, 1.807) is 11.8 Å². The Bertz CT molecular complexity index is 726. The number of carboxylic acids is 1. The summed E-state index contributed by atoms with van der Waals surface area (Å²) in [4.78, 5) is 24.1. The molecule has 1 aromatic carbocycles. The highest BCUT2D eigenvalue weighted by Crippen LogP contribution is 2.28. The third-order valence-corrected chi connectivity index (χ3v) is 9.05. The fraction of sp³-hybridized carbons (Fsp3) is 0.750. The molecule has 0 spiro atoms. The normalized spacial score (nSPS) is 11.2. The molecule has 0 unspecified atom stereocenters. The number of carbonyl (C=O) groups excluding carboxylic acids is 1. The first kappa shape index (κ1) is 34.9. The highest BCUT2D eigenvalue weighted by atomic mass is 32.2. The molecule has 1 amide bonds. The number of benzene rings is 1. The Kier molecular flexibility index (Phi) is 22.8. The number of hydrogen-bond acceptors (Lipinski definition) is 4. The van der Waals surface area contributed by atoms with E-state index in [-0.39, 0.29) is 12.3 Å². The van der Waals surface area contributed by atoms with Gasteiger partial charge >= 0.3 is 5.97 Å². The van der Waals surface area contributed by atoms with Crippen LogP contribution >= 0.6 is 23.5 Å². The molecule has 0 aliphatic rings. The maximum atomic E-state index is 12.4. The van der Waals surface area contributed by atoms with Crippen LogP contribution < -0.4 is 5.32 Å². The maximum absolute atomic E-state index is 12.4. The number of amides is 1. The van der Waals surface area contributed by atoms with Crippen LogP contribution in [0.25, 0.3) is 0 Å². The molecule has 1 aromatic rings. The van der Waals surface area contributed by atoms with Gasteiger partial charge in [0.1, 0.15) is 0 Å². The average Bonchev–Trinajstić information content (AvgIpc) is 2.88. The fourth-order valence-electron chi connectivity index (χ4n) is 4.50. The molecule has 0 fully saturated rings. The minimum Gasteiger partial charge on any atom is -0.481 e. The highest BCUT2D eigenvalue weighted by molar-refractivity contribution is 7.99. The van der Waals surface area contributed by atoms with Gasteiger partial charge in [0.05, 0.1) is 5.69 Å². The smallest absolute Gasteiger partial charge is 0.303 e. The molecule has 2 N–H and O–H groups in total. The summed E-state index contributed by atoms with van der Waals surface area (Å²) in [5, 5.41) is 12.6. The van der Waals surface area contributed by atoms with E-state index in [1.165, 1.54) is 95.6 Å². The summed E-state index contributed by atoms with van der Waals surface area (Å²) < 4.78 is 0. The largest absolute Gasteiger partial charge is 0.481 e. The summed E-state index contributed by atoms with van der Waals surface area (Å²) in [6.45, 7) is 4.58. The monoisotopic (exact) mass is 565 g/mol. The van der Waals surface area contributed by atoms with E-state index in [0.29, 0.717) is 12.8 Å². The second-order valence-electron chi connectivity index (χ2n) is 10.7. The van der Waals surface area contributed by atoms with Crippen molar-refractivity contribution in [2.24, 2.45) is 0 Å². The van der Waals surface area contributed by atoms with Crippen LogP contribution in [0.2, 0.25) is 0 Å². The lowest BCUT2D eigenvalue weighted by Gasteiger charge is -2.10. The molecule has 4 nitrogen and oxygen atoms in total. The fourth-order valence-corrected chi connectivity index (χ4v) is 6.30. The number of anilines is 1. The standard InChI is InChI=1S/C32H55NO3S2/c1-28(2)37-26-20-16-14-12-10-8-6-4-3-5-7-9-11-13-15-17-24-31(34)33-29-22-18-19-23-30(29)38-27-21-25-32(35)36/h18-19,22-23,28H,3-17,20-21,24-27H2,1-2H3,(H,33,34)(H,35,36). The summed E-state index contributed by atoms with van der Waals surface area (Å²) in [5.41, 5.74) is 0.838. The van der Waals surface area contributed by atoms with Gasteiger partial charge in [-0.2, -0.15) is 11.8 Å². The van der Waals surface area contributed by atoms with Crippen molar-refractivity contribution >= 4 is 41.1 Å². The molecule has 38 heavy (non-hydrogen) atoms. The van der Waals surface area contributed by atoms with Crippen LogP contribution in [0, 0.1) is 0 Å². The number of carboxylic acid groups (broad SMARTS) is 1. The van der Waals surface area contributed by atoms with Gasteiger partial charge in [-0.1, -0.05) is 116 Å². The van der Waals surface area contributed by atoms with Gasteiger partial charge in [-0.3, -0.25) is 9.59 Å². The summed E-state index contributed by atoms with van der Waals surface area (Å²) in [7, 11) is 0. The maximum Gasteiger partial charge on any atom is 0.303 e. The minimum absolute atomic E-state index is 0.0734. The predicted octanol–water partition coefficient (Wildman–Crippen LogP) is 10.4. The van der Waals surface area contributed by atoms with Gasteiger partial charge in [0.2, 0.25) is 5.91 Å². The first-order valence-electron chi connectivity index (χ1n) is 15.3. The van der Waals surface area contributed by atoms with Gasteiger partial charge in [0.25, 0.3) is 0 Å². The second kappa shape index (κ2) is 24.9. The third kappa shape index (κ3) is 21.8. The van der Waals surface area contributed by atoms with Crippen LogP contribution in [0.3, 0.4) is 0 Å². The molecule has 0 aliphatic carbocycles. The number of nitrogens with one attached hydrogen (secondary N) is 1. The summed E-state index contributed by atoms with van der Waals surface area (Å²) in [6.07, 6.45) is 22.7. The van der Waals surface area contributed by atoms with Crippen LogP contribution in [0.1, 0.15) is 136 Å². The Balaban J connectivity index is 1.90. The molecule has 0 atom stereocenters. The SMILES string of the molecule is CC(C)SCCCCCCCCCCCCCCCCCCC(=O)Nc1ccccc1SCCCC(=O)O. The Morgan fingerprint density at radius 2 is 1.18 bits per heavy atom. The lowest BCUT2D eigenvalue weighted by molar-refractivity contribution is -0.137. The van der Waals surface area contributed by atoms with Gasteiger partial charge < -0.3 is 10.4 Å². The minimum atomic E-state index is -0.763. The zero-order valence-electron chi connectivity index (χ0n) is 24.3. The van der Waals surface area contributed by atoms with E-state index < -0.39 is 5.97 Å². The number of para-hydroxylation sites is 1. The molecular formula is C32H55NO3S2. The predicted molar refractivity (Wildman–Crippen MR) is 169 cm³/mol. The average molecular weight is 566 g/mol. The molecule has 0 saturated heterocycles. The number of unbranched alkanes of at least 4 members (excludes halogenated alkanes) is 15. The molecular weight excluding hydrogens is 510 g/mol. The first-order chi connectivity index (χ1) is 18.5. The van der Waals surface area contributed by atoms with E-state index in [2.05, 4.69) is 30.9 Å². The summed E-state index contributed by atoms with van der Waals surface area (Å²) in [6, 6.07) is 7.78. The molecule has 0 saturated carbocycles. The molecule has 0 radical (unpaired) electrons. The van der Waals surface area contributed by atoms with E-state index in [9.17, 15) is 9.59 Å². The molecule has 0 heterocycles. The zero-order valence-corrected chi connectivity index (χ0v) is 25.9.